The molecule has 0 bridgehead atoms. The number of hydrogen-bond donors (Lipinski definition) is 2. The van der Waals surface area contributed by atoms with Crippen molar-refractivity contribution >= 4 is 23.1 Å². The average molecular weight is 366 g/mol. The third-order valence-corrected chi connectivity index (χ3v) is 4.33. The summed E-state index contributed by atoms with van der Waals surface area (Å²) < 4.78 is 5.80. The van der Waals surface area contributed by atoms with E-state index in [4.69, 9.17) is 17.0 Å². The molecular weight excluding hydrogens is 344 g/mol. The molecule has 3 rings (SSSR count). The predicted molar refractivity (Wildman–Crippen MR) is 107 cm³/mol. The van der Waals surface area contributed by atoms with Crippen LogP contribution in [-0.4, -0.2) is 17.0 Å². The molecule has 4 nitrogen and oxygen atoms in total. The Bertz CT molecular complexity index is 859. The number of carbonyl (C=O) groups excluding carboxylic acids is 1. The van der Waals surface area contributed by atoms with Crippen molar-refractivity contribution in [3.05, 3.63) is 77.0 Å². The number of benzene rings is 2. The van der Waals surface area contributed by atoms with Crippen molar-refractivity contribution in [2.24, 2.45) is 0 Å². The molecule has 0 aliphatic carbocycles. The van der Waals surface area contributed by atoms with Crippen LogP contribution in [0.5, 0.6) is 5.75 Å². The highest BCUT2D eigenvalue weighted by Gasteiger charge is 2.30. The SMILES string of the molecule is CC1=C(C(=O)c2ccccc2)C(c2cccc(OC(C)C)c2)NC(=S)N1. The molecule has 0 fully saturated rings. The van der Waals surface area contributed by atoms with Crippen molar-refractivity contribution in [1.29, 1.82) is 0 Å². The van der Waals surface area contributed by atoms with Crippen molar-refractivity contribution < 1.29 is 9.53 Å². The maximum Gasteiger partial charge on any atom is 0.193 e. The fraction of sp³-hybridized carbons (Fsp3) is 0.238. The zero-order valence-electron chi connectivity index (χ0n) is 15.1. The van der Waals surface area contributed by atoms with E-state index in [2.05, 4.69) is 10.6 Å². The molecule has 0 amide bonds. The van der Waals surface area contributed by atoms with Gasteiger partial charge in [0.2, 0.25) is 0 Å². The molecule has 0 radical (unpaired) electrons. The second-order valence-corrected chi connectivity index (χ2v) is 6.91. The van der Waals surface area contributed by atoms with E-state index in [0.717, 1.165) is 17.0 Å². The molecule has 0 aromatic heterocycles. The summed E-state index contributed by atoms with van der Waals surface area (Å²) in [4.78, 5) is 13.2. The summed E-state index contributed by atoms with van der Waals surface area (Å²) in [6, 6.07) is 16.7. The third-order valence-electron chi connectivity index (χ3n) is 4.11. The Morgan fingerprint density at radius 2 is 1.85 bits per heavy atom. The maximum atomic E-state index is 13.2. The lowest BCUT2D eigenvalue weighted by atomic mass is 9.89. The first kappa shape index (κ1) is 18.1. The first-order valence-electron chi connectivity index (χ1n) is 8.60. The first-order valence-corrected chi connectivity index (χ1v) is 9.01. The quantitative estimate of drug-likeness (QED) is 0.615. The summed E-state index contributed by atoms with van der Waals surface area (Å²) in [5, 5.41) is 6.81. The summed E-state index contributed by atoms with van der Waals surface area (Å²) >= 11 is 5.32. The molecule has 1 aliphatic heterocycles. The minimum Gasteiger partial charge on any atom is -0.491 e. The minimum atomic E-state index is -0.327. The zero-order valence-corrected chi connectivity index (χ0v) is 15.9. The highest BCUT2D eigenvalue weighted by atomic mass is 32.1. The molecule has 5 heteroatoms. The number of allylic oxidation sites excluding steroid dienone is 1. The normalized spacial score (nSPS) is 16.9. The number of hydrogen-bond acceptors (Lipinski definition) is 3. The first-order chi connectivity index (χ1) is 12.5. The van der Waals surface area contributed by atoms with Crippen molar-refractivity contribution in [2.45, 2.75) is 32.9 Å². The van der Waals surface area contributed by atoms with Crippen LogP contribution in [0, 0.1) is 0 Å². The third kappa shape index (κ3) is 3.94. The van der Waals surface area contributed by atoms with E-state index < -0.39 is 0 Å². The summed E-state index contributed by atoms with van der Waals surface area (Å²) in [7, 11) is 0. The smallest absolute Gasteiger partial charge is 0.193 e. The van der Waals surface area contributed by atoms with Gasteiger partial charge in [0, 0.05) is 16.8 Å². The van der Waals surface area contributed by atoms with Crippen LogP contribution in [0.4, 0.5) is 0 Å². The van der Waals surface area contributed by atoms with Gasteiger partial charge in [-0.15, -0.1) is 0 Å². The number of carbonyl (C=O) groups is 1. The summed E-state index contributed by atoms with van der Waals surface area (Å²) in [6.07, 6.45) is 0.0787. The van der Waals surface area contributed by atoms with Gasteiger partial charge in [-0.25, -0.2) is 0 Å². The maximum absolute atomic E-state index is 13.2. The lowest BCUT2D eigenvalue weighted by Crippen LogP contribution is -2.44. The van der Waals surface area contributed by atoms with Crippen LogP contribution in [0.3, 0.4) is 0 Å². The van der Waals surface area contributed by atoms with Crippen LogP contribution in [0.1, 0.15) is 42.7 Å². The van der Waals surface area contributed by atoms with Crippen molar-refractivity contribution in [3.63, 3.8) is 0 Å². The van der Waals surface area contributed by atoms with Crippen LogP contribution >= 0.6 is 12.2 Å². The van der Waals surface area contributed by atoms with E-state index in [1.807, 2.05) is 75.4 Å². The summed E-state index contributed by atoms with van der Waals surface area (Å²) in [6.45, 7) is 5.85. The molecule has 2 N–H and O–H groups in total. The van der Waals surface area contributed by atoms with Gasteiger partial charge >= 0.3 is 0 Å². The fourth-order valence-electron chi connectivity index (χ4n) is 3.03. The fourth-order valence-corrected chi connectivity index (χ4v) is 3.30. The number of Topliss-reactive ketones (excluding diaryl/α,β-unsaturated/α-hetero) is 1. The number of thiocarbonyl (C=S) groups is 1. The topological polar surface area (TPSA) is 50.4 Å². The van der Waals surface area contributed by atoms with E-state index in [-0.39, 0.29) is 17.9 Å². The molecule has 2 aromatic carbocycles. The van der Waals surface area contributed by atoms with E-state index >= 15 is 0 Å². The average Bonchev–Trinajstić information content (AvgIpc) is 2.61. The zero-order chi connectivity index (χ0) is 18.7. The molecule has 26 heavy (non-hydrogen) atoms. The molecular formula is C21H22N2O2S. The Kier molecular flexibility index (Phi) is 5.38. The Morgan fingerprint density at radius 1 is 1.12 bits per heavy atom. The van der Waals surface area contributed by atoms with Crippen molar-refractivity contribution in [1.82, 2.24) is 10.6 Å². The van der Waals surface area contributed by atoms with Crippen LogP contribution in [0.25, 0.3) is 0 Å². The van der Waals surface area contributed by atoms with Crippen LogP contribution < -0.4 is 15.4 Å². The molecule has 0 spiro atoms. The van der Waals surface area contributed by atoms with E-state index in [1.165, 1.54) is 0 Å². The Morgan fingerprint density at radius 3 is 2.54 bits per heavy atom. The second kappa shape index (κ2) is 7.70. The van der Waals surface area contributed by atoms with Crippen molar-refractivity contribution in [3.8, 4) is 5.75 Å². The Balaban J connectivity index is 2.02. The van der Waals surface area contributed by atoms with Crippen LogP contribution in [0.15, 0.2) is 65.9 Å². The van der Waals surface area contributed by atoms with Crippen LogP contribution in [-0.2, 0) is 0 Å². The van der Waals surface area contributed by atoms with Gasteiger partial charge < -0.3 is 15.4 Å². The van der Waals surface area contributed by atoms with Gasteiger partial charge in [0.1, 0.15) is 5.75 Å². The van der Waals surface area contributed by atoms with E-state index in [9.17, 15) is 4.79 Å². The van der Waals surface area contributed by atoms with Gasteiger partial charge in [-0.05, 0) is 50.7 Å². The number of nitrogens with one attached hydrogen (secondary N) is 2. The Labute approximate surface area is 159 Å². The molecule has 0 saturated heterocycles. The molecule has 1 unspecified atom stereocenters. The molecule has 1 heterocycles. The lowest BCUT2D eigenvalue weighted by molar-refractivity contribution is 0.102. The van der Waals surface area contributed by atoms with Crippen molar-refractivity contribution in [2.75, 3.05) is 0 Å². The van der Waals surface area contributed by atoms with Gasteiger partial charge in [-0.1, -0.05) is 42.5 Å². The largest absolute Gasteiger partial charge is 0.491 e. The highest BCUT2D eigenvalue weighted by molar-refractivity contribution is 7.80. The second-order valence-electron chi connectivity index (χ2n) is 6.50. The van der Waals surface area contributed by atoms with Gasteiger partial charge in [-0.2, -0.15) is 0 Å². The van der Waals surface area contributed by atoms with E-state index in [0.29, 0.717) is 16.2 Å². The number of rotatable bonds is 5. The molecule has 1 atom stereocenters. The Hall–Kier alpha value is -2.66. The lowest BCUT2D eigenvalue weighted by Gasteiger charge is -2.30. The molecule has 0 saturated carbocycles. The minimum absolute atomic E-state index is 0.0224. The monoisotopic (exact) mass is 366 g/mol. The van der Waals surface area contributed by atoms with Gasteiger partial charge in [-0.3, -0.25) is 4.79 Å². The molecule has 1 aliphatic rings. The van der Waals surface area contributed by atoms with Gasteiger partial charge in [0.15, 0.2) is 10.9 Å². The molecule has 2 aromatic rings. The van der Waals surface area contributed by atoms with Crippen LogP contribution in [0.2, 0.25) is 0 Å². The summed E-state index contributed by atoms with van der Waals surface area (Å²) in [5.74, 6) is 0.749. The number of ketones is 1. The standard InChI is InChI=1S/C21H22N2O2S/c1-13(2)25-17-11-7-10-16(12-17)19-18(14(3)22-21(26)23-19)20(24)15-8-5-4-6-9-15/h4-13,19H,1-3H3,(H2,22,23,26). The molecule has 134 valence electrons. The van der Waals surface area contributed by atoms with E-state index in [1.54, 1.807) is 0 Å². The van der Waals surface area contributed by atoms with Gasteiger partial charge in [0.05, 0.1) is 12.1 Å². The number of ether oxygens (including phenoxy) is 1. The van der Waals surface area contributed by atoms with Gasteiger partial charge in [0.25, 0.3) is 0 Å². The summed E-state index contributed by atoms with van der Waals surface area (Å²) in [5.41, 5.74) is 3.01. The highest BCUT2D eigenvalue weighted by Crippen LogP contribution is 2.31. The predicted octanol–water partition coefficient (Wildman–Crippen LogP) is 4.15.